The van der Waals surface area contributed by atoms with Gasteiger partial charge in [-0.05, 0) is 59.9 Å². The van der Waals surface area contributed by atoms with E-state index in [-0.39, 0.29) is 11.4 Å². The van der Waals surface area contributed by atoms with Gasteiger partial charge in [0, 0.05) is 40.2 Å². The molecule has 3 aromatic carbocycles. The van der Waals surface area contributed by atoms with Crippen LogP contribution in [0, 0.1) is 5.92 Å². The number of carbonyl (C=O) groups is 2. The summed E-state index contributed by atoms with van der Waals surface area (Å²) in [6, 6.07) is 25.9. The number of rotatable bonds is 7. The van der Waals surface area contributed by atoms with Crippen LogP contribution in [0.25, 0.3) is 0 Å². The molecule has 212 valence electrons. The van der Waals surface area contributed by atoms with E-state index in [1.54, 1.807) is 14.0 Å². The largest absolute Gasteiger partial charge is 0.465 e. The highest BCUT2D eigenvalue weighted by atomic mass is 35.5. The van der Waals surface area contributed by atoms with E-state index >= 15 is 0 Å². The van der Waals surface area contributed by atoms with E-state index in [0.717, 1.165) is 38.0 Å². The zero-order valence-electron chi connectivity index (χ0n) is 23.0. The summed E-state index contributed by atoms with van der Waals surface area (Å²) in [5, 5.41) is 13.1. The number of piperidine rings is 1. The molecule has 2 fully saturated rings. The number of likely N-dealkylation sites (tertiary alicyclic amines) is 1. The first kappa shape index (κ1) is 29.9. The minimum absolute atomic E-state index is 0.0409. The van der Waals surface area contributed by atoms with Gasteiger partial charge in [0.2, 0.25) is 5.91 Å². The molecule has 1 saturated carbocycles. The van der Waals surface area contributed by atoms with Crippen LogP contribution in [0.5, 0.6) is 0 Å². The van der Waals surface area contributed by atoms with Gasteiger partial charge in [-0.3, -0.25) is 4.79 Å². The molecule has 5 rings (SSSR count). The quantitative estimate of drug-likeness (QED) is 0.314. The summed E-state index contributed by atoms with van der Waals surface area (Å²) >= 11 is 12.2. The van der Waals surface area contributed by atoms with Crippen LogP contribution in [0.2, 0.25) is 10.0 Å². The summed E-state index contributed by atoms with van der Waals surface area (Å²) < 4.78 is 0. The van der Waals surface area contributed by atoms with Crippen molar-refractivity contribution in [3.8, 4) is 0 Å². The maximum Gasteiger partial charge on any atom is 0.407 e. The Morgan fingerprint density at radius 2 is 1.60 bits per heavy atom. The summed E-state index contributed by atoms with van der Waals surface area (Å²) in [5.41, 5.74) is 3.27. The summed E-state index contributed by atoms with van der Waals surface area (Å²) in [5.74, 6) is 1.31. The first-order valence-corrected chi connectivity index (χ1v) is 14.4. The van der Waals surface area contributed by atoms with Gasteiger partial charge in [-0.1, -0.05) is 89.9 Å². The lowest BCUT2D eigenvalue weighted by Crippen LogP contribution is -2.52. The fraction of sp³-hybridized carbons (Fsp3) is 0.375. The van der Waals surface area contributed by atoms with Crippen LogP contribution in [-0.2, 0) is 16.9 Å². The molecule has 0 spiro atoms. The molecule has 1 aliphatic carbocycles. The number of benzene rings is 3. The maximum atomic E-state index is 11.9. The number of nitrogens with one attached hydrogen (secondary N) is 1. The van der Waals surface area contributed by atoms with E-state index < -0.39 is 6.09 Å². The normalized spacial score (nSPS) is 19.6. The SMILES string of the molecule is CC(=O)NC1(c2ccccc2)CCN(C[C@H]2C[C@@H]2c2ccc(Cl)c(Cl)c2)CC1.CN(Cc1ccccc1)C(=O)O. The zero-order chi connectivity index (χ0) is 28.7. The fourth-order valence-electron chi connectivity index (χ4n) is 5.55. The molecule has 8 heteroatoms. The highest BCUT2D eigenvalue weighted by Crippen LogP contribution is 2.49. The molecule has 1 heterocycles. The van der Waals surface area contributed by atoms with Gasteiger partial charge in [-0.2, -0.15) is 0 Å². The number of carboxylic acid groups (broad SMARTS) is 1. The Bertz CT molecular complexity index is 1280. The molecule has 3 aromatic rings. The molecule has 1 saturated heterocycles. The predicted octanol–water partition coefficient (Wildman–Crippen LogP) is 7.02. The Morgan fingerprint density at radius 1 is 0.975 bits per heavy atom. The van der Waals surface area contributed by atoms with Crippen molar-refractivity contribution in [2.24, 2.45) is 5.92 Å². The van der Waals surface area contributed by atoms with Gasteiger partial charge in [-0.15, -0.1) is 0 Å². The molecule has 0 unspecified atom stereocenters. The van der Waals surface area contributed by atoms with Crippen molar-refractivity contribution in [1.29, 1.82) is 0 Å². The summed E-state index contributed by atoms with van der Waals surface area (Å²) in [6.45, 7) is 5.16. The van der Waals surface area contributed by atoms with Crippen LogP contribution in [0.1, 0.15) is 48.8 Å². The van der Waals surface area contributed by atoms with E-state index in [1.807, 2.05) is 48.5 Å². The van der Waals surface area contributed by atoms with Crippen molar-refractivity contribution in [3.63, 3.8) is 0 Å². The minimum Gasteiger partial charge on any atom is -0.465 e. The number of nitrogens with zero attached hydrogens (tertiary/aromatic N) is 2. The first-order valence-electron chi connectivity index (χ1n) is 13.7. The molecule has 2 aliphatic rings. The van der Waals surface area contributed by atoms with Crippen LogP contribution in [0.3, 0.4) is 0 Å². The molecule has 1 aliphatic heterocycles. The molecular formula is C32H37Cl2N3O3. The highest BCUT2D eigenvalue weighted by Gasteiger charge is 2.42. The molecule has 0 radical (unpaired) electrons. The van der Waals surface area contributed by atoms with Crippen molar-refractivity contribution in [2.45, 2.75) is 44.2 Å². The van der Waals surface area contributed by atoms with Gasteiger partial charge < -0.3 is 20.2 Å². The number of halogens is 2. The molecule has 2 amide bonds. The molecule has 40 heavy (non-hydrogen) atoms. The Morgan fingerprint density at radius 3 is 2.17 bits per heavy atom. The van der Waals surface area contributed by atoms with Crippen LogP contribution >= 0.6 is 23.2 Å². The lowest BCUT2D eigenvalue weighted by atomic mass is 9.80. The van der Waals surface area contributed by atoms with Crippen LogP contribution in [0.15, 0.2) is 78.9 Å². The van der Waals surface area contributed by atoms with Crippen molar-refractivity contribution in [1.82, 2.24) is 15.1 Å². The fourth-order valence-corrected chi connectivity index (χ4v) is 5.86. The smallest absolute Gasteiger partial charge is 0.407 e. The molecule has 0 aromatic heterocycles. The lowest BCUT2D eigenvalue weighted by Gasteiger charge is -2.43. The Balaban J connectivity index is 0.000000259. The Kier molecular flexibility index (Phi) is 10.1. The molecule has 2 N–H and O–H groups in total. The Hall–Kier alpha value is -3.06. The number of carbonyl (C=O) groups excluding carboxylic acids is 1. The van der Waals surface area contributed by atoms with Crippen LogP contribution in [0.4, 0.5) is 4.79 Å². The van der Waals surface area contributed by atoms with E-state index in [9.17, 15) is 9.59 Å². The third-order valence-corrected chi connectivity index (χ3v) is 8.57. The number of hydrogen-bond acceptors (Lipinski definition) is 3. The third-order valence-electron chi connectivity index (χ3n) is 7.83. The number of hydrogen-bond donors (Lipinski definition) is 2. The zero-order valence-corrected chi connectivity index (χ0v) is 24.5. The van der Waals surface area contributed by atoms with Gasteiger partial charge >= 0.3 is 6.09 Å². The maximum absolute atomic E-state index is 11.9. The van der Waals surface area contributed by atoms with Crippen LogP contribution in [-0.4, -0.2) is 53.6 Å². The summed E-state index contributed by atoms with van der Waals surface area (Å²) in [7, 11) is 1.55. The average molecular weight is 583 g/mol. The second-order valence-corrected chi connectivity index (χ2v) is 11.6. The third kappa shape index (κ3) is 8.00. The van der Waals surface area contributed by atoms with Crippen molar-refractivity contribution in [2.75, 3.05) is 26.7 Å². The topological polar surface area (TPSA) is 72.9 Å². The Labute approximate surface area is 246 Å². The average Bonchev–Trinajstić information content (AvgIpc) is 3.71. The van der Waals surface area contributed by atoms with E-state index in [0.29, 0.717) is 28.4 Å². The van der Waals surface area contributed by atoms with Crippen molar-refractivity contribution in [3.05, 3.63) is 106 Å². The molecule has 0 bridgehead atoms. The second-order valence-electron chi connectivity index (χ2n) is 10.8. The summed E-state index contributed by atoms with van der Waals surface area (Å²) in [6.07, 6.45) is 2.20. The van der Waals surface area contributed by atoms with Gasteiger partial charge in [-0.25, -0.2) is 4.79 Å². The first-order chi connectivity index (χ1) is 19.2. The van der Waals surface area contributed by atoms with Gasteiger partial charge in [0.15, 0.2) is 0 Å². The minimum atomic E-state index is -0.904. The lowest BCUT2D eigenvalue weighted by molar-refractivity contribution is -0.121. The monoisotopic (exact) mass is 581 g/mol. The molecule has 2 atom stereocenters. The van der Waals surface area contributed by atoms with E-state index in [4.69, 9.17) is 28.3 Å². The van der Waals surface area contributed by atoms with Crippen molar-refractivity contribution >= 4 is 35.2 Å². The number of amides is 2. The van der Waals surface area contributed by atoms with Gasteiger partial charge in [0.1, 0.15) is 0 Å². The highest BCUT2D eigenvalue weighted by molar-refractivity contribution is 6.42. The van der Waals surface area contributed by atoms with E-state index in [1.165, 1.54) is 22.4 Å². The standard InChI is InChI=1S/C23H26Cl2N2O.C9H11NO2/c1-16(28)26-23(19-5-3-2-4-6-19)9-11-27(12-10-23)15-18-13-20(18)17-7-8-21(24)22(25)14-17;1-10(9(11)12)7-8-5-3-2-4-6-8/h2-8,14,18,20H,9-13,15H2,1H3,(H,26,28);2-6H,7H2,1H3,(H,11,12)/t18-,20-;/m1./s1. The van der Waals surface area contributed by atoms with Crippen LogP contribution < -0.4 is 5.32 Å². The van der Waals surface area contributed by atoms with Gasteiger partial charge in [0.25, 0.3) is 0 Å². The van der Waals surface area contributed by atoms with E-state index in [2.05, 4.69) is 40.5 Å². The molecular weight excluding hydrogens is 545 g/mol. The predicted molar refractivity (Wildman–Crippen MR) is 161 cm³/mol. The van der Waals surface area contributed by atoms with Crippen molar-refractivity contribution < 1.29 is 14.7 Å². The van der Waals surface area contributed by atoms with Gasteiger partial charge in [0.05, 0.1) is 15.6 Å². The summed E-state index contributed by atoms with van der Waals surface area (Å²) in [4.78, 5) is 26.1. The second kappa shape index (κ2) is 13.5. The molecule has 6 nitrogen and oxygen atoms in total.